The van der Waals surface area contributed by atoms with Crippen molar-refractivity contribution in [3.8, 4) is 11.6 Å². The van der Waals surface area contributed by atoms with E-state index in [0.29, 0.717) is 23.1 Å². The zero-order chi connectivity index (χ0) is 16.6. The summed E-state index contributed by atoms with van der Waals surface area (Å²) in [5.41, 5.74) is 6.49. The van der Waals surface area contributed by atoms with Crippen LogP contribution in [0.5, 0.6) is 11.6 Å². The van der Waals surface area contributed by atoms with Crippen LogP contribution in [0.4, 0.5) is 11.5 Å². The molecule has 1 fully saturated rings. The van der Waals surface area contributed by atoms with E-state index in [1.807, 2.05) is 0 Å². The molecule has 1 aliphatic heterocycles. The normalized spacial score (nSPS) is 15.2. The fourth-order valence-electron chi connectivity index (χ4n) is 2.45. The fraction of sp³-hybridized carbons (Fsp3) is 0.438. The molecule has 0 aromatic carbocycles. The van der Waals surface area contributed by atoms with Gasteiger partial charge in [-0.25, -0.2) is 4.98 Å². The van der Waals surface area contributed by atoms with Crippen LogP contribution in [-0.2, 0) is 4.74 Å². The second-order valence-corrected chi connectivity index (χ2v) is 5.47. The van der Waals surface area contributed by atoms with E-state index in [-0.39, 0.29) is 0 Å². The molecule has 0 atom stereocenters. The summed E-state index contributed by atoms with van der Waals surface area (Å²) in [4.78, 5) is 14.7. The van der Waals surface area contributed by atoms with Crippen molar-refractivity contribution < 1.29 is 9.47 Å². The Morgan fingerprint density at radius 3 is 2.96 bits per heavy atom. The van der Waals surface area contributed by atoms with E-state index in [0.717, 1.165) is 45.8 Å². The average Bonchev–Trinajstić information content (AvgIpc) is 2.63. The van der Waals surface area contributed by atoms with Gasteiger partial charge in [0, 0.05) is 25.8 Å². The van der Waals surface area contributed by atoms with Gasteiger partial charge in [0.15, 0.2) is 5.82 Å². The van der Waals surface area contributed by atoms with Gasteiger partial charge in [-0.1, -0.05) is 0 Å². The Labute approximate surface area is 141 Å². The van der Waals surface area contributed by atoms with Crippen LogP contribution < -0.4 is 15.8 Å². The molecule has 1 aliphatic rings. The molecule has 8 heteroatoms. The molecule has 0 bridgehead atoms. The van der Waals surface area contributed by atoms with Crippen molar-refractivity contribution in [3.63, 3.8) is 0 Å². The maximum atomic E-state index is 6.10. The van der Waals surface area contributed by atoms with Crippen LogP contribution in [0.25, 0.3) is 0 Å². The minimum absolute atomic E-state index is 0.327. The molecule has 0 aliphatic carbocycles. The molecule has 3 heterocycles. The summed E-state index contributed by atoms with van der Waals surface area (Å²) in [7, 11) is 0. The number of ether oxygens (including phenoxy) is 2. The second-order valence-electron chi connectivity index (χ2n) is 5.47. The minimum atomic E-state index is 0.327. The van der Waals surface area contributed by atoms with Crippen LogP contribution in [0.15, 0.2) is 30.9 Å². The van der Waals surface area contributed by atoms with Crippen LogP contribution >= 0.6 is 0 Å². The van der Waals surface area contributed by atoms with Crippen LogP contribution in [0.2, 0.25) is 0 Å². The van der Waals surface area contributed by atoms with Gasteiger partial charge in [-0.05, 0) is 25.1 Å². The van der Waals surface area contributed by atoms with Gasteiger partial charge < -0.3 is 20.5 Å². The highest BCUT2D eigenvalue weighted by molar-refractivity contribution is 5.66. The molecule has 3 N–H and O–H groups in total. The number of nitrogens with zero attached hydrogens (tertiary/aromatic N) is 4. The first-order valence-corrected chi connectivity index (χ1v) is 8.05. The summed E-state index contributed by atoms with van der Waals surface area (Å²) in [6.45, 7) is 5.45. The van der Waals surface area contributed by atoms with Crippen LogP contribution in [0.1, 0.15) is 6.42 Å². The van der Waals surface area contributed by atoms with Gasteiger partial charge in [0.2, 0.25) is 5.88 Å². The predicted molar refractivity (Wildman–Crippen MR) is 91.1 cm³/mol. The van der Waals surface area contributed by atoms with Crippen LogP contribution in [0.3, 0.4) is 0 Å². The lowest BCUT2D eigenvalue weighted by Crippen LogP contribution is -2.37. The number of rotatable bonds is 7. The molecule has 0 radical (unpaired) electrons. The lowest BCUT2D eigenvalue weighted by atomic mass is 10.3. The van der Waals surface area contributed by atoms with Gasteiger partial charge in [0.1, 0.15) is 17.8 Å². The molecular weight excluding hydrogens is 308 g/mol. The van der Waals surface area contributed by atoms with Crippen LogP contribution in [0, 0.1) is 0 Å². The molecule has 0 unspecified atom stereocenters. The molecule has 2 aromatic heterocycles. The SMILES string of the molecule is Nc1c(NCCCN2CCOCC2)ncnc1Oc1cccnc1. The zero-order valence-corrected chi connectivity index (χ0v) is 13.5. The highest BCUT2D eigenvalue weighted by Crippen LogP contribution is 2.28. The number of nitrogen functional groups attached to an aromatic ring is 1. The number of morpholine rings is 1. The lowest BCUT2D eigenvalue weighted by Gasteiger charge is -2.26. The first-order chi connectivity index (χ1) is 11.8. The lowest BCUT2D eigenvalue weighted by molar-refractivity contribution is 0.0378. The Kier molecular flexibility index (Phi) is 5.75. The summed E-state index contributed by atoms with van der Waals surface area (Å²) in [5, 5.41) is 3.25. The number of hydrogen-bond acceptors (Lipinski definition) is 8. The molecule has 0 saturated carbocycles. The van der Waals surface area contributed by atoms with Gasteiger partial charge in [-0.3, -0.25) is 9.88 Å². The van der Waals surface area contributed by atoms with E-state index in [4.69, 9.17) is 15.2 Å². The number of pyridine rings is 1. The first kappa shape index (κ1) is 16.4. The molecular formula is C16H22N6O2. The number of hydrogen-bond donors (Lipinski definition) is 2. The fourth-order valence-corrected chi connectivity index (χ4v) is 2.45. The quantitative estimate of drug-likeness (QED) is 0.735. The van der Waals surface area contributed by atoms with Gasteiger partial charge in [-0.15, -0.1) is 0 Å². The maximum absolute atomic E-state index is 6.10. The third-order valence-corrected chi connectivity index (χ3v) is 3.74. The zero-order valence-electron chi connectivity index (χ0n) is 13.5. The van der Waals surface area contributed by atoms with Gasteiger partial charge in [0.05, 0.1) is 19.4 Å². The van der Waals surface area contributed by atoms with E-state index in [1.54, 1.807) is 24.5 Å². The average molecular weight is 330 g/mol. The van der Waals surface area contributed by atoms with Crippen molar-refractivity contribution in [2.24, 2.45) is 0 Å². The Morgan fingerprint density at radius 1 is 1.29 bits per heavy atom. The second kappa shape index (κ2) is 8.42. The smallest absolute Gasteiger partial charge is 0.248 e. The van der Waals surface area contributed by atoms with Gasteiger partial charge in [0.25, 0.3) is 0 Å². The summed E-state index contributed by atoms with van der Waals surface area (Å²) in [6, 6.07) is 3.58. The van der Waals surface area contributed by atoms with E-state index in [1.165, 1.54) is 6.33 Å². The van der Waals surface area contributed by atoms with E-state index in [2.05, 4.69) is 25.2 Å². The van der Waals surface area contributed by atoms with E-state index in [9.17, 15) is 0 Å². The Bertz CT molecular complexity index is 634. The largest absolute Gasteiger partial charge is 0.435 e. The monoisotopic (exact) mass is 330 g/mol. The molecule has 128 valence electrons. The van der Waals surface area contributed by atoms with Crippen molar-refractivity contribution in [2.75, 3.05) is 50.4 Å². The number of anilines is 2. The molecule has 0 spiro atoms. The Morgan fingerprint density at radius 2 is 2.17 bits per heavy atom. The van der Waals surface area contributed by atoms with Crippen molar-refractivity contribution in [3.05, 3.63) is 30.9 Å². The molecule has 24 heavy (non-hydrogen) atoms. The van der Waals surface area contributed by atoms with Crippen molar-refractivity contribution in [1.29, 1.82) is 0 Å². The molecule has 0 amide bonds. The summed E-state index contributed by atoms with van der Waals surface area (Å²) < 4.78 is 11.0. The topological polar surface area (TPSA) is 98.4 Å². The highest BCUT2D eigenvalue weighted by Gasteiger charge is 2.11. The summed E-state index contributed by atoms with van der Waals surface area (Å²) in [6.07, 6.45) is 5.73. The number of aromatic nitrogens is 3. The first-order valence-electron chi connectivity index (χ1n) is 8.05. The van der Waals surface area contributed by atoms with E-state index >= 15 is 0 Å². The van der Waals surface area contributed by atoms with Crippen molar-refractivity contribution >= 4 is 11.5 Å². The molecule has 1 saturated heterocycles. The molecule has 2 aromatic rings. The summed E-state index contributed by atoms with van der Waals surface area (Å²) >= 11 is 0. The standard InChI is InChI=1S/C16H22N6O2/c17-14-15(19-5-2-6-22-7-9-23-10-8-22)20-12-21-16(14)24-13-3-1-4-18-11-13/h1,3-4,11-12H,2,5-10,17H2,(H,19,20,21). The van der Waals surface area contributed by atoms with Crippen molar-refractivity contribution in [1.82, 2.24) is 19.9 Å². The maximum Gasteiger partial charge on any atom is 0.248 e. The van der Waals surface area contributed by atoms with E-state index < -0.39 is 0 Å². The van der Waals surface area contributed by atoms with Gasteiger partial charge >= 0.3 is 0 Å². The Balaban J connectivity index is 1.51. The third-order valence-electron chi connectivity index (χ3n) is 3.74. The van der Waals surface area contributed by atoms with Crippen molar-refractivity contribution in [2.45, 2.75) is 6.42 Å². The molecule has 8 nitrogen and oxygen atoms in total. The molecule has 3 rings (SSSR count). The highest BCUT2D eigenvalue weighted by atomic mass is 16.5. The number of nitrogens with one attached hydrogen (secondary N) is 1. The predicted octanol–water partition coefficient (Wildman–Crippen LogP) is 1.38. The number of nitrogens with two attached hydrogens (primary N) is 1. The van der Waals surface area contributed by atoms with Gasteiger partial charge in [-0.2, -0.15) is 4.98 Å². The summed E-state index contributed by atoms with van der Waals surface area (Å²) in [5.74, 6) is 1.50. The van der Waals surface area contributed by atoms with Crippen LogP contribution in [-0.4, -0.2) is 59.2 Å². The minimum Gasteiger partial charge on any atom is -0.435 e. The Hall–Kier alpha value is -2.45. The third kappa shape index (κ3) is 4.53.